The Morgan fingerprint density at radius 1 is 0.829 bits per heavy atom. The lowest BCUT2D eigenvalue weighted by Crippen LogP contribution is -2.44. The molecule has 3 aromatic carbocycles. The summed E-state index contributed by atoms with van der Waals surface area (Å²) in [5.41, 5.74) is 12.2. The fourth-order valence-electron chi connectivity index (χ4n) is 4.85. The first-order chi connectivity index (χ1) is 17.2. The second-order valence-electron chi connectivity index (χ2n) is 9.29. The lowest BCUT2D eigenvalue weighted by atomic mass is 9.98. The Morgan fingerprint density at radius 3 is 2.31 bits per heavy atom. The van der Waals surface area contributed by atoms with Gasteiger partial charge < -0.3 is 25.1 Å². The molecule has 6 nitrogen and oxygen atoms in total. The Bertz CT molecular complexity index is 1100. The van der Waals surface area contributed by atoms with E-state index in [0.717, 1.165) is 72.6 Å². The summed E-state index contributed by atoms with van der Waals surface area (Å²) >= 11 is 0. The zero-order chi connectivity index (χ0) is 24.0. The van der Waals surface area contributed by atoms with Gasteiger partial charge >= 0.3 is 0 Å². The highest BCUT2D eigenvalue weighted by Crippen LogP contribution is 2.39. The van der Waals surface area contributed by atoms with E-state index in [-0.39, 0.29) is 18.8 Å². The molecule has 3 unspecified atom stereocenters. The third-order valence-electron chi connectivity index (χ3n) is 6.84. The van der Waals surface area contributed by atoms with E-state index >= 15 is 0 Å². The quantitative estimate of drug-likeness (QED) is 0.535. The minimum atomic E-state index is -0.463. The van der Waals surface area contributed by atoms with E-state index in [1.807, 2.05) is 24.3 Å². The molecule has 0 bridgehead atoms. The van der Waals surface area contributed by atoms with Gasteiger partial charge in [-0.05, 0) is 39.9 Å². The molecule has 2 heterocycles. The normalized spacial score (nSPS) is 23.3. The maximum Gasteiger partial charge on any atom is 0.184 e. The van der Waals surface area contributed by atoms with Crippen LogP contribution in [0.2, 0.25) is 0 Å². The number of nitrogens with zero attached hydrogens (tertiary/aromatic N) is 1. The van der Waals surface area contributed by atoms with Crippen molar-refractivity contribution in [1.82, 2.24) is 4.90 Å². The van der Waals surface area contributed by atoms with E-state index in [9.17, 15) is 5.11 Å². The molecule has 184 valence electrons. The molecule has 0 amide bonds. The lowest BCUT2D eigenvalue weighted by Gasteiger charge is -2.39. The molecule has 2 fully saturated rings. The second-order valence-corrected chi connectivity index (χ2v) is 9.29. The number of hydrogen-bond acceptors (Lipinski definition) is 6. The molecule has 0 radical (unpaired) electrons. The van der Waals surface area contributed by atoms with Crippen molar-refractivity contribution < 1.29 is 19.3 Å². The van der Waals surface area contributed by atoms with E-state index in [1.54, 1.807) is 0 Å². The highest BCUT2D eigenvalue weighted by atomic mass is 16.7. The van der Waals surface area contributed by atoms with Crippen molar-refractivity contribution in [3.63, 3.8) is 0 Å². The number of morpholine rings is 1. The molecular formula is C29H34N2O4. The Morgan fingerprint density at radius 2 is 1.57 bits per heavy atom. The summed E-state index contributed by atoms with van der Waals surface area (Å²) in [6, 6.07) is 24.8. The SMILES string of the molecule is NCc1cccc(-c2cccc(C3OC(CN4CCOCC4)CC(c4ccc(CO)cc4)O3)c2)c1. The topological polar surface area (TPSA) is 77.2 Å². The van der Waals surface area contributed by atoms with Crippen molar-refractivity contribution in [2.24, 2.45) is 5.73 Å². The van der Waals surface area contributed by atoms with Gasteiger partial charge in [-0.15, -0.1) is 0 Å². The predicted molar refractivity (Wildman–Crippen MR) is 135 cm³/mol. The first-order valence-electron chi connectivity index (χ1n) is 12.4. The van der Waals surface area contributed by atoms with Crippen LogP contribution in [0.1, 0.15) is 41.1 Å². The predicted octanol–water partition coefficient (Wildman–Crippen LogP) is 4.18. The third kappa shape index (κ3) is 5.98. The Balaban J connectivity index is 1.40. The molecule has 0 aromatic heterocycles. The Kier molecular flexibility index (Phi) is 7.88. The average molecular weight is 475 g/mol. The first-order valence-corrected chi connectivity index (χ1v) is 12.4. The molecule has 3 aromatic rings. The molecular weight excluding hydrogens is 440 g/mol. The van der Waals surface area contributed by atoms with Crippen molar-refractivity contribution in [3.8, 4) is 11.1 Å². The van der Waals surface area contributed by atoms with Gasteiger partial charge in [0.05, 0.1) is 32.0 Å². The van der Waals surface area contributed by atoms with Gasteiger partial charge in [0.25, 0.3) is 0 Å². The summed E-state index contributed by atoms with van der Waals surface area (Å²) in [5, 5.41) is 9.43. The van der Waals surface area contributed by atoms with Crippen LogP contribution < -0.4 is 5.73 Å². The van der Waals surface area contributed by atoms with Gasteiger partial charge in [0, 0.05) is 38.2 Å². The maximum atomic E-state index is 9.43. The van der Waals surface area contributed by atoms with Crippen molar-refractivity contribution in [2.45, 2.75) is 38.1 Å². The monoisotopic (exact) mass is 474 g/mol. The summed E-state index contributed by atoms with van der Waals surface area (Å²) in [6.07, 6.45) is 0.273. The van der Waals surface area contributed by atoms with Crippen LogP contribution in [-0.2, 0) is 27.4 Å². The van der Waals surface area contributed by atoms with Crippen LogP contribution in [0.15, 0.2) is 72.8 Å². The summed E-state index contributed by atoms with van der Waals surface area (Å²) in [7, 11) is 0. The van der Waals surface area contributed by atoms with Crippen LogP contribution in [0, 0.1) is 0 Å². The molecule has 6 heteroatoms. The second kappa shape index (κ2) is 11.4. The molecule has 0 saturated carbocycles. The van der Waals surface area contributed by atoms with Crippen LogP contribution in [-0.4, -0.2) is 49.0 Å². The number of aliphatic hydroxyl groups is 1. The molecule has 3 atom stereocenters. The van der Waals surface area contributed by atoms with Crippen LogP contribution in [0.4, 0.5) is 0 Å². The van der Waals surface area contributed by atoms with Crippen molar-refractivity contribution in [3.05, 3.63) is 95.1 Å². The van der Waals surface area contributed by atoms with Crippen LogP contribution >= 0.6 is 0 Å². The number of nitrogens with two attached hydrogens (primary N) is 1. The number of aliphatic hydroxyl groups excluding tert-OH is 1. The standard InChI is InChI=1S/C29H34N2O4/c30-18-22-3-1-4-24(15-22)25-5-2-6-26(16-25)29-34-27(19-31-11-13-33-14-12-31)17-28(35-29)23-9-7-21(20-32)8-10-23/h1-10,15-16,27-29,32H,11-14,17-20,30H2. The Labute approximate surface area is 207 Å². The summed E-state index contributed by atoms with van der Waals surface area (Å²) in [5.74, 6) is 0. The molecule has 35 heavy (non-hydrogen) atoms. The molecule has 0 spiro atoms. The van der Waals surface area contributed by atoms with Crippen LogP contribution in [0.5, 0.6) is 0 Å². The minimum absolute atomic E-state index is 0.0370. The van der Waals surface area contributed by atoms with Crippen molar-refractivity contribution in [2.75, 3.05) is 32.8 Å². The number of ether oxygens (including phenoxy) is 3. The lowest BCUT2D eigenvalue weighted by molar-refractivity contribution is -0.253. The molecule has 2 aliphatic rings. The number of hydrogen-bond donors (Lipinski definition) is 2. The highest BCUT2D eigenvalue weighted by Gasteiger charge is 2.33. The molecule has 5 rings (SSSR count). The number of benzene rings is 3. The summed E-state index contributed by atoms with van der Waals surface area (Å²) < 4.78 is 18.6. The van der Waals surface area contributed by atoms with E-state index in [1.165, 1.54) is 0 Å². The smallest absolute Gasteiger partial charge is 0.184 e. The zero-order valence-electron chi connectivity index (χ0n) is 20.0. The van der Waals surface area contributed by atoms with E-state index in [2.05, 4.69) is 53.4 Å². The van der Waals surface area contributed by atoms with Gasteiger partial charge in [-0.3, -0.25) is 4.90 Å². The van der Waals surface area contributed by atoms with E-state index in [0.29, 0.717) is 6.54 Å². The summed E-state index contributed by atoms with van der Waals surface area (Å²) in [4.78, 5) is 2.41. The van der Waals surface area contributed by atoms with Gasteiger partial charge in [-0.1, -0.05) is 60.7 Å². The fourth-order valence-corrected chi connectivity index (χ4v) is 4.85. The van der Waals surface area contributed by atoms with Crippen LogP contribution in [0.25, 0.3) is 11.1 Å². The number of rotatable bonds is 7. The van der Waals surface area contributed by atoms with Gasteiger partial charge in [0.2, 0.25) is 0 Å². The first kappa shape index (κ1) is 24.1. The Hall–Kier alpha value is -2.58. The zero-order valence-corrected chi connectivity index (χ0v) is 20.0. The van der Waals surface area contributed by atoms with E-state index < -0.39 is 6.29 Å². The molecule has 2 aliphatic heterocycles. The molecule has 3 N–H and O–H groups in total. The molecule has 2 saturated heterocycles. The van der Waals surface area contributed by atoms with Gasteiger partial charge in [-0.2, -0.15) is 0 Å². The van der Waals surface area contributed by atoms with Gasteiger partial charge in [0.15, 0.2) is 6.29 Å². The molecule has 0 aliphatic carbocycles. The van der Waals surface area contributed by atoms with Crippen LogP contribution in [0.3, 0.4) is 0 Å². The van der Waals surface area contributed by atoms with Gasteiger partial charge in [-0.25, -0.2) is 0 Å². The maximum absolute atomic E-state index is 9.43. The minimum Gasteiger partial charge on any atom is -0.392 e. The van der Waals surface area contributed by atoms with Crippen molar-refractivity contribution >= 4 is 0 Å². The van der Waals surface area contributed by atoms with Gasteiger partial charge in [0.1, 0.15) is 0 Å². The fraction of sp³-hybridized carbons (Fsp3) is 0.379. The third-order valence-corrected chi connectivity index (χ3v) is 6.84. The average Bonchev–Trinajstić information content (AvgIpc) is 2.93. The largest absolute Gasteiger partial charge is 0.392 e. The highest BCUT2D eigenvalue weighted by molar-refractivity contribution is 5.65. The summed E-state index contributed by atoms with van der Waals surface area (Å²) in [6.45, 7) is 4.79. The van der Waals surface area contributed by atoms with E-state index in [4.69, 9.17) is 19.9 Å². The van der Waals surface area contributed by atoms with Crippen molar-refractivity contribution in [1.29, 1.82) is 0 Å².